The molecule has 0 radical (unpaired) electrons. The molecule has 0 saturated heterocycles. The lowest BCUT2D eigenvalue weighted by molar-refractivity contribution is 0.185. The molecule has 0 aliphatic rings. The Kier molecular flexibility index (Phi) is 2.99. The van der Waals surface area contributed by atoms with Crippen molar-refractivity contribution in [3.05, 3.63) is 28.5 Å². The highest BCUT2D eigenvalue weighted by Crippen LogP contribution is 2.19. The van der Waals surface area contributed by atoms with E-state index in [4.69, 9.17) is 5.73 Å². The van der Waals surface area contributed by atoms with Gasteiger partial charge in [-0.3, -0.25) is 0 Å². The standard InChI is InChI=1S/C7H9BrN2O/c8-7-5(6(11)4-9)2-1-3-10-7/h1-3,6,11H,4,9H2/t6-/m1/s1. The summed E-state index contributed by atoms with van der Waals surface area (Å²) in [6, 6.07) is 3.55. The van der Waals surface area contributed by atoms with Crippen LogP contribution in [0.4, 0.5) is 0 Å². The van der Waals surface area contributed by atoms with Gasteiger partial charge >= 0.3 is 0 Å². The summed E-state index contributed by atoms with van der Waals surface area (Å²) < 4.78 is 0.651. The van der Waals surface area contributed by atoms with Gasteiger partial charge in [0.2, 0.25) is 0 Å². The van der Waals surface area contributed by atoms with Crippen LogP contribution in [0.1, 0.15) is 11.7 Å². The van der Waals surface area contributed by atoms with Gasteiger partial charge in [0, 0.05) is 18.3 Å². The van der Waals surface area contributed by atoms with E-state index in [0.29, 0.717) is 4.60 Å². The number of hydrogen-bond donors (Lipinski definition) is 2. The molecular weight excluding hydrogens is 208 g/mol. The van der Waals surface area contributed by atoms with Crippen molar-refractivity contribution in [1.29, 1.82) is 0 Å². The third-order valence-corrected chi connectivity index (χ3v) is 2.03. The molecule has 0 amide bonds. The molecule has 0 saturated carbocycles. The van der Waals surface area contributed by atoms with Gasteiger partial charge in [-0.1, -0.05) is 6.07 Å². The Morgan fingerprint density at radius 3 is 3.00 bits per heavy atom. The average molecular weight is 217 g/mol. The molecule has 0 unspecified atom stereocenters. The van der Waals surface area contributed by atoms with Crippen LogP contribution in [0.15, 0.2) is 22.9 Å². The van der Waals surface area contributed by atoms with Crippen LogP contribution in [0.3, 0.4) is 0 Å². The van der Waals surface area contributed by atoms with Crippen LogP contribution in [0.5, 0.6) is 0 Å². The van der Waals surface area contributed by atoms with E-state index in [2.05, 4.69) is 20.9 Å². The topological polar surface area (TPSA) is 59.1 Å². The lowest BCUT2D eigenvalue weighted by atomic mass is 10.2. The van der Waals surface area contributed by atoms with Gasteiger partial charge in [-0.25, -0.2) is 4.98 Å². The first kappa shape index (κ1) is 8.64. The zero-order chi connectivity index (χ0) is 8.27. The Hall–Kier alpha value is -0.450. The van der Waals surface area contributed by atoms with Gasteiger partial charge in [-0.05, 0) is 22.0 Å². The van der Waals surface area contributed by atoms with Crippen LogP contribution >= 0.6 is 15.9 Å². The zero-order valence-corrected chi connectivity index (χ0v) is 7.45. The minimum absolute atomic E-state index is 0.213. The van der Waals surface area contributed by atoms with Gasteiger partial charge < -0.3 is 10.8 Å². The molecule has 3 nitrogen and oxygen atoms in total. The Bertz CT molecular complexity index is 242. The summed E-state index contributed by atoms with van der Waals surface area (Å²) in [4.78, 5) is 3.95. The van der Waals surface area contributed by atoms with Crippen LogP contribution < -0.4 is 5.73 Å². The van der Waals surface area contributed by atoms with E-state index in [1.54, 1.807) is 18.3 Å². The molecule has 1 aromatic heterocycles. The fourth-order valence-electron chi connectivity index (χ4n) is 0.774. The third kappa shape index (κ3) is 1.99. The summed E-state index contributed by atoms with van der Waals surface area (Å²) in [5.74, 6) is 0. The van der Waals surface area contributed by atoms with Gasteiger partial charge in [-0.2, -0.15) is 0 Å². The van der Waals surface area contributed by atoms with Crippen molar-refractivity contribution in [2.24, 2.45) is 5.73 Å². The maximum atomic E-state index is 9.32. The Morgan fingerprint density at radius 2 is 2.45 bits per heavy atom. The molecule has 3 N–H and O–H groups in total. The van der Waals surface area contributed by atoms with Crippen molar-refractivity contribution in [3.8, 4) is 0 Å². The van der Waals surface area contributed by atoms with Crippen LogP contribution in [0.25, 0.3) is 0 Å². The molecule has 0 spiro atoms. The van der Waals surface area contributed by atoms with E-state index in [1.165, 1.54) is 0 Å². The third-order valence-electron chi connectivity index (χ3n) is 1.37. The first-order valence-electron chi connectivity index (χ1n) is 3.24. The molecule has 0 aromatic carbocycles. The van der Waals surface area contributed by atoms with E-state index in [-0.39, 0.29) is 6.54 Å². The number of aliphatic hydroxyl groups excluding tert-OH is 1. The smallest absolute Gasteiger partial charge is 0.111 e. The predicted octanol–water partition coefficient (Wildman–Crippen LogP) is 0.836. The van der Waals surface area contributed by atoms with Crippen molar-refractivity contribution in [1.82, 2.24) is 4.98 Å². The van der Waals surface area contributed by atoms with E-state index in [0.717, 1.165) is 5.56 Å². The number of halogens is 1. The zero-order valence-electron chi connectivity index (χ0n) is 5.87. The number of nitrogens with two attached hydrogens (primary N) is 1. The summed E-state index contributed by atoms with van der Waals surface area (Å²) in [6.07, 6.45) is 1.02. The number of pyridine rings is 1. The number of aliphatic hydroxyl groups is 1. The molecule has 60 valence electrons. The second-order valence-electron chi connectivity index (χ2n) is 2.13. The van der Waals surface area contributed by atoms with Crippen LogP contribution in [-0.2, 0) is 0 Å². The summed E-state index contributed by atoms with van der Waals surface area (Å²) in [7, 11) is 0. The molecule has 0 bridgehead atoms. The first-order chi connectivity index (χ1) is 5.25. The van der Waals surface area contributed by atoms with Crippen LogP contribution in [-0.4, -0.2) is 16.6 Å². The van der Waals surface area contributed by atoms with Crippen LogP contribution in [0, 0.1) is 0 Å². The highest BCUT2D eigenvalue weighted by atomic mass is 79.9. The van der Waals surface area contributed by atoms with Gasteiger partial charge in [0.25, 0.3) is 0 Å². The summed E-state index contributed by atoms with van der Waals surface area (Å²) in [6.45, 7) is 0.213. The van der Waals surface area contributed by atoms with Gasteiger partial charge in [0.15, 0.2) is 0 Å². The molecule has 1 aromatic rings. The normalized spacial score (nSPS) is 13.0. The van der Waals surface area contributed by atoms with Crippen molar-refractivity contribution in [3.63, 3.8) is 0 Å². The fourth-order valence-corrected chi connectivity index (χ4v) is 1.29. The average Bonchev–Trinajstić information content (AvgIpc) is 2.04. The number of aromatic nitrogens is 1. The second-order valence-corrected chi connectivity index (χ2v) is 2.89. The summed E-state index contributed by atoms with van der Waals surface area (Å²) in [5, 5.41) is 9.32. The van der Waals surface area contributed by atoms with Crippen molar-refractivity contribution in [2.45, 2.75) is 6.10 Å². The Balaban J connectivity index is 2.93. The Labute approximate surface area is 73.4 Å². The molecular formula is C7H9BrN2O. The molecule has 0 aliphatic heterocycles. The molecule has 11 heavy (non-hydrogen) atoms. The van der Waals surface area contributed by atoms with Crippen molar-refractivity contribution >= 4 is 15.9 Å². The van der Waals surface area contributed by atoms with Gasteiger partial charge in [-0.15, -0.1) is 0 Å². The highest BCUT2D eigenvalue weighted by molar-refractivity contribution is 9.10. The van der Waals surface area contributed by atoms with E-state index >= 15 is 0 Å². The Morgan fingerprint density at radius 1 is 1.73 bits per heavy atom. The van der Waals surface area contributed by atoms with Gasteiger partial charge in [0.05, 0.1) is 6.10 Å². The molecule has 1 rings (SSSR count). The van der Waals surface area contributed by atoms with E-state index < -0.39 is 6.10 Å². The van der Waals surface area contributed by atoms with E-state index in [1.807, 2.05) is 0 Å². The lowest BCUT2D eigenvalue weighted by Crippen LogP contribution is -2.12. The van der Waals surface area contributed by atoms with Crippen LogP contribution in [0.2, 0.25) is 0 Å². The predicted molar refractivity (Wildman–Crippen MR) is 46.0 cm³/mol. The minimum Gasteiger partial charge on any atom is -0.387 e. The molecule has 0 fully saturated rings. The maximum Gasteiger partial charge on any atom is 0.111 e. The first-order valence-corrected chi connectivity index (χ1v) is 4.03. The number of rotatable bonds is 2. The molecule has 0 aliphatic carbocycles. The van der Waals surface area contributed by atoms with Gasteiger partial charge in [0.1, 0.15) is 4.60 Å². The second kappa shape index (κ2) is 3.80. The largest absolute Gasteiger partial charge is 0.387 e. The highest BCUT2D eigenvalue weighted by Gasteiger charge is 2.08. The lowest BCUT2D eigenvalue weighted by Gasteiger charge is -2.08. The maximum absolute atomic E-state index is 9.32. The molecule has 1 atom stereocenters. The number of hydrogen-bond acceptors (Lipinski definition) is 3. The van der Waals surface area contributed by atoms with Crippen molar-refractivity contribution < 1.29 is 5.11 Å². The summed E-state index contributed by atoms with van der Waals surface area (Å²) in [5.41, 5.74) is 6.01. The molecule has 4 heteroatoms. The SMILES string of the molecule is NC[C@@H](O)c1cccnc1Br. The number of nitrogens with zero attached hydrogens (tertiary/aromatic N) is 1. The minimum atomic E-state index is -0.627. The summed E-state index contributed by atoms with van der Waals surface area (Å²) >= 11 is 3.21. The van der Waals surface area contributed by atoms with E-state index in [9.17, 15) is 5.11 Å². The fraction of sp³-hybridized carbons (Fsp3) is 0.286. The monoisotopic (exact) mass is 216 g/mol. The van der Waals surface area contributed by atoms with Crippen molar-refractivity contribution in [2.75, 3.05) is 6.54 Å². The quantitative estimate of drug-likeness (QED) is 0.721. The molecule has 1 heterocycles.